The molecule has 1 saturated heterocycles. The second-order valence-electron chi connectivity index (χ2n) is 8.84. The maximum Gasteiger partial charge on any atom is 0.246 e. The van der Waals surface area contributed by atoms with Gasteiger partial charge in [0, 0.05) is 30.3 Å². The Labute approximate surface area is 190 Å². The Hall–Kier alpha value is -2.99. The van der Waals surface area contributed by atoms with Crippen LogP contribution in [0.5, 0.6) is 0 Å². The van der Waals surface area contributed by atoms with E-state index in [1.54, 1.807) is 24.3 Å². The molecule has 0 bridgehead atoms. The molecular formula is C26H33N3O3. The number of amides is 2. The number of ketones is 1. The first-order chi connectivity index (χ1) is 15.3. The molecule has 2 N–H and O–H groups in total. The minimum Gasteiger partial charge on any atom is -0.356 e. The lowest BCUT2D eigenvalue weighted by Crippen LogP contribution is -2.46. The SMILES string of the molecule is CC(=O)c1cccc(NC(=O)C(c2ccccc2)N2CCCC(CNC(=O)C(C)C)C2)c1. The molecule has 1 fully saturated rings. The van der Waals surface area contributed by atoms with Gasteiger partial charge in [0.1, 0.15) is 6.04 Å². The minimum absolute atomic E-state index is 0.0386. The van der Waals surface area contributed by atoms with Crippen molar-refractivity contribution in [1.29, 1.82) is 0 Å². The third-order valence-corrected chi connectivity index (χ3v) is 5.91. The topological polar surface area (TPSA) is 78.5 Å². The van der Waals surface area contributed by atoms with Crippen molar-refractivity contribution in [3.63, 3.8) is 0 Å². The van der Waals surface area contributed by atoms with Gasteiger partial charge in [0.25, 0.3) is 0 Å². The van der Waals surface area contributed by atoms with Gasteiger partial charge >= 0.3 is 0 Å². The highest BCUT2D eigenvalue weighted by molar-refractivity contribution is 5.98. The van der Waals surface area contributed by atoms with Gasteiger partial charge in [-0.1, -0.05) is 56.3 Å². The largest absolute Gasteiger partial charge is 0.356 e. The van der Waals surface area contributed by atoms with E-state index in [4.69, 9.17) is 0 Å². The number of Topliss-reactive ketones (excluding diaryl/α,β-unsaturated/α-hetero) is 1. The lowest BCUT2D eigenvalue weighted by Gasteiger charge is -2.38. The number of likely N-dealkylation sites (tertiary alicyclic amines) is 1. The lowest BCUT2D eigenvalue weighted by atomic mass is 9.94. The Kier molecular flexibility index (Phi) is 8.17. The van der Waals surface area contributed by atoms with E-state index in [1.165, 1.54) is 6.92 Å². The molecule has 0 saturated carbocycles. The van der Waals surface area contributed by atoms with Crippen LogP contribution < -0.4 is 10.6 Å². The molecule has 0 aromatic heterocycles. The summed E-state index contributed by atoms with van der Waals surface area (Å²) in [6.07, 6.45) is 2.00. The molecule has 170 valence electrons. The molecule has 3 rings (SSSR count). The number of hydrogen-bond acceptors (Lipinski definition) is 4. The summed E-state index contributed by atoms with van der Waals surface area (Å²) in [6, 6.07) is 16.4. The highest BCUT2D eigenvalue weighted by Gasteiger charge is 2.32. The van der Waals surface area contributed by atoms with E-state index in [-0.39, 0.29) is 23.5 Å². The first-order valence-corrected chi connectivity index (χ1v) is 11.3. The van der Waals surface area contributed by atoms with Gasteiger partial charge in [-0.25, -0.2) is 0 Å². The first kappa shape index (κ1) is 23.7. The van der Waals surface area contributed by atoms with E-state index >= 15 is 0 Å². The maximum absolute atomic E-state index is 13.4. The molecule has 6 nitrogen and oxygen atoms in total. The van der Waals surface area contributed by atoms with Crippen LogP contribution in [0.25, 0.3) is 0 Å². The fourth-order valence-corrected chi connectivity index (χ4v) is 4.14. The van der Waals surface area contributed by atoms with Crippen molar-refractivity contribution in [3.8, 4) is 0 Å². The van der Waals surface area contributed by atoms with Crippen LogP contribution in [0, 0.1) is 11.8 Å². The summed E-state index contributed by atoms with van der Waals surface area (Å²) in [5.41, 5.74) is 2.11. The zero-order valence-electron chi connectivity index (χ0n) is 19.1. The molecular weight excluding hydrogens is 402 g/mol. The first-order valence-electron chi connectivity index (χ1n) is 11.3. The third-order valence-electron chi connectivity index (χ3n) is 5.91. The van der Waals surface area contributed by atoms with E-state index in [9.17, 15) is 14.4 Å². The molecule has 1 aliphatic heterocycles. The van der Waals surface area contributed by atoms with Gasteiger partial charge in [0.05, 0.1) is 0 Å². The smallest absolute Gasteiger partial charge is 0.246 e. The fraction of sp³-hybridized carbons (Fsp3) is 0.423. The maximum atomic E-state index is 13.4. The molecule has 1 aliphatic rings. The van der Waals surface area contributed by atoms with E-state index in [0.717, 1.165) is 31.5 Å². The Morgan fingerprint density at radius 3 is 2.47 bits per heavy atom. The van der Waals surface area contributed by atoms with Crippen LogP contribution in [0.3, 0.4) is 0 Å². The molecule has 2 aromatic carbocycles. The van der Waals surface area contributed by atoms with Gasteiger partial charge in [-0.05, 0) is 49.9 Å². The standard InChI is InChI=1S/C26H33N3O3/c1-18(2)25(31)27-16-20-9-8-14-29(17-20)24(21-10-5-4-6-11-21)26(32)28-23-13-7-12-22(15-23)19(3)30/h4-7,10-13,15,18,20,24H,8-9,14,16-17H2,1-3H3,(H,27,31)(H,28,32). The summed E-state index contributed by atoms with van der Waals surface area (Å²) in [5, 5.41) is 6.05. The molecule has 0 radical (unpaired) electrons. The Bertz CT molecular complexity index is 942. The van der Waals surface area contributed by atoms with E-state index < -0.39 is 6.04 Å². The van der Waals surface area contributed by atoms with Crippen molar-refractivity contribution in [2.24, 2.45) is 11.8 Å². The van der Waals surface area contributed by atoms with Crippen molar-refractivity contribution in [1.82, 2.24) is 10.2 Å². The van der Waals surface area contributed by atoms with Crippen LogP contribution in [-0.2, 0) is 9.59 Å². The van der Waals surface area contributed by atoms with Gasteiger partial charge in [0.2, 0.25) is 11.8 Å². The minimum atomic E-state index is -0.444. The second-order valence-corrected chi connectivity index (χ2v) is 8.84. The predicted molar refractivity (Wildman–Crippen MR) is 126 cm³/mol. The third kappa shape index (κ3) is 6.26. The molecule has 2 amide bonds. The van der Waals surface area contributed by atoms with Gasteiger partial charge in [0.15, 0.2) is 5.78 Å². The summed E-state index contributed by atoms with van der Waals surface area (Å²) in [7, 11) is 0. The predicted octanol–water partition coefficient (Wildman–Crippen LogP) is 4.05. The van der Waals surface area contributed by atoms with Gasteiger partial charge < -0.3 is 10.6 Å². The fourth-order valence-electron chi connectivity index (χ4n) is 4.14. The van der Waals surface area contributed by atoms with Gasteiger partial charge in [-0.2, -0.15) is 0 Å². The highest BCUT2D eigenvalue weighted by Crippen LogP contribution is 2.28. The highest BCUT2D eigenvalue weighted by atomic mass is 16.2. The summed E-state index contributed by atoms with van der Waals surface area (Å²) >= 11 is 0. The Morgan fingerprint density at radius 1 is 1.03 bits per heavy atom. The summed E-state index contributed by atoms with van der Waals surface area (Å²) in [6.45, 7) is 7.46. The average molecular weight is 436 g/mol. The van der Waals surface area contributed by atoms with Gasteiger partial charge in [-0.15, -0.1) is 0 Å². The van der Waals surface area contributed by atoms with E-state index in [0.29, 0.717) is 23.7 Å². The molecule has 0 spiro atoms. The van der Waals surface area contributed by atoms with Crippen LogP contribution in [-0.4, -0.2) is 42.1 Å². The zero-order chi connectivity index (χ0) is 23.1. The number of hydrogen-bond donors (Lipinski definition) is 2. The zero-order valence-corrected chi connectivity index (χ0v) is 19.1. The van der Waals surface area contributed by atoms with Crippen molar-refractivity contribution < 1.29 is 14.4 Å². The van der Waals surface area contributed by atoms with Crippen LogP contribution in [0.15, 0.2) is 54.6 Å². The summed E-state index contributed by atoms with van der Waals surface area (Å²) in [4.78, 5) is 39.4. The normalized spacial score (nSPS) is 17.6. The second kappa shape index (κ2) is 11.0. The molecule has 2 aromatic rings. The van der Waals surface area contributed by atoms with Gasteiger partial charge in [-0.3, -0.25) is 19.3 Å². The Morgan fingerprint density at radius 2 is 1.78 bits per heavy atom. The number of nitrogens with one attached hydrogen (secondary N) is 2. The summed E-state index contributed by atoms with van der Waals surface area (Å²) in [5.74, 6) is 0.159. The van der Waals surface area contributed by atoms with Crippen molar-refractivity contribution in [2.45, 2.75) is 39.7 Å². The van der Waals surface area contributed by atoms with E-state index in [2.05, 4.69) is 15.5 Å². The van der Waals surface area contributed by atoms with E-state index in [1.807, 2.05) is 44.2 Å². The number of rotatable bonds is 8. The number of benzene rings is 2. The lowest BCUT2D eigenvalue weighted by molar-refractivity contribution is -0.125. The van der Waals surface area contributed by atoms with Crippen LogP contribution in [0.4, 0.5) is 5.69 Å². The van der Waals surface area contributed by atoms with Crippen LogP contribution >= 0.6 is 0 Å². The monoisotopic (exact) mass is 435 g/mol. The van der Waals surface area contributed by atoms with Crippen molar-refractivity contribution in [3.05, 3.63) is 65.7 Å². The Balaban J connectivity index is 1.77. The quantitative estimate of drug-likeness (QED) is 0.613. The molecule has 32 heavy (non-hydrogen) atoms. The number of piperidine rings is 1. The van der Waals surface area contributed by atoms with Crippen molar-refractivity contribution >= 4 is 23.3 Å². The number of carbonyl (C=O) groups is 3. The molecule has 2 unspecified atom stereocenters. The molecule has 6 heteroatoms. The van der Waals surface area contributed by atoms with Crippen LogP contribution in [0.2, 0.25) is 0 Å². The number of carbonyl (C=O) groups excluding carboxylic acids is 3. The number of anilines is 1. The summed E-state index contributed by atoms with van der Waals surface area (Å²) < 4.78 is 0. The number of nitrogens with zero attached hydrogens (tertiary/aromatic N) is 1. The average Bonchev–Trinajstić information content (AvgIpc) is 2.78. The molecule has 0 aliphatic carbocycles. The van der Waals surface area contributed by atoms with Crippen molar-refractivity contribution in [2.75, 3.05) is 25.0 Å². The molecule has 1 heterocycles. The van der Waals surface area contributed by atoms with Crippen LogP contribution in [0.1, 0.15) is 55.6 Å². The molecule has 2 atom stereocenters.